The molecule has 0 bridgehead atoms. The summed E-state index contributed by atoms with van der Waals surface area (Å²) in [5, 5.41) is 87.0. The summed E-state index contributed by atoms with van der Waals surface area (Å²) >= 11 is 0. The van der Waals surface area contributed by atoms with Crippen LogP contribution in [0.15, 0.2) is 36.5 Å². The van der Waals surface area contributed by atoms with Crippen molar-refractivity contribution in [1.29, 1.82) is 0 Å². The summed E-state index contributed by atoms with van der Waals surface area (Å²) in [5.74, 6) is -0.241. The van der Waals surface area contributed by atoms with Gasteiger partial charge in [0.25, 0.3) is 0 Å². The largest absolute Gasteiger partial charge is 0.394 e. The lowest BCUT2D eigenvalue weighted by molar-refractivity contribution is -0.359. The van der Waals surface area contributed by atoms with Crippen molar-refractivity contribution in [2.45, 2.75) is 306 Å². The first kappa shape index (κ1) is 66.3. The summed E-state index contributed by atoms with van der Waals surface area (Å²) in [5.41, 5.74) is 0. The molecule has 0 spiro atoms. The molecule has 72 heavy (non-hydrogen) atoms. The van der Waals surface area contributed by atoms with Crippen LogP contribution < -0.4 is 5.32 Å². The van der Waals surface area contributed by atoms with E-state index in [1.807, 2.05) is 6.08 Å². The number of amides is 1. The molecule has 2 aliphatic heterocycles. The van der Waals surface area contributed by atoms with Crippen LogP contribution in [0.5, 0.6) is 0 Å². The van der Waals surface area contributed by atoms with Crippen LogP contribution in [0.2, 0.25) is 0 Å². The summed E-state index contributed by atoms with van der Waals surface area (Å²) in [6, 6.07) is -0.914. The Hall–Kier alpha value is -1.79. The fraction of sp³-hybridized carbons (Fsp3) is 0.879. The van der Waals surface area contributed by atoms with Crippen molar-refractivity contribution < 1.29 is 64.6 Å². The third kappa shape index (κ3) is 30.1. The Bertz CT molecular complexity index is 1350. The zero-order valence-electron chi connectivity index (χ0n) is 45.2. The van der Waals surface area contributed by atoms with E-state index in [0.717, 1.165) is 44.9 Å². The molecule has 422 valence electrons. The lowest BCUT2D eigenvalue weighted by Gasteiger charge is -2.46. The molecule has 0 radical (unpaired) electrons. The standard InChI is InChI=1S/C58H107NO13/c1-3-5-7-9-11-13-15-17-19-20-21-22-23-24-25-26-28-30-32-34-36-38-40-42-50(63)59-46(47(62)41-39-37-35-33-31-29-27-18-16-14-12-10-8-6-4-2)45-69-57-55(68)53(66)56(49(44-61)71-57)72-58-54(67)52(65)51(64)48(43-60)70-58/h15,17,20-21,39,41,46-49,51-58,60-62,64-68H,3-14,16,18-19,22-38,40,42-45H2,1-2H3,(H,59,63)/b17-15-,21-20-,41-39+. The molecule has 0 aromatic heterocycles. The summed E-state index contributed by atoms with van der Waals surface area (Å²) in [6.45, 7) is 2.79. The molecule has 0 aliphatic carbocycles. The fourth-order valence-corrected chi connectivity index (χ4v) is 9.56. The fourth-order valence-electron chi connectivity index (χ4n) is 9.56. The second kappa shape index (κ2) is 44.3. The number of hydrogen-bond donors (Lipinski definition) is 9. The summed E-state index contributed by atoms with van der Waals surface area (Å²) < 4.78 is 22.8. The molecule has 2 aliphatic rings. The van der Waals surface area contributed by atoms with Crippen LogP contribution in [0.25, 0.3) is 0 Å². The number of unbranched alkanes of at least 4 members (excludes halogenated alkanes) is 29. The van der Waals surface area contributed by atoms with Gasteiger partial charge >= 0.3 is 0 Å². The van der Waals surface area contributed by atoms with Gasteiger partial charge in [-0.2, -0.15) is 0 Å². The first-order valence-corrected chi connectivity index (χ1v) is 29.2. The molecule has 12 atom stereocenters. The Kier molecular flexibility index (Phi) is 40.9. The minimum Gasteiger partial charge on any atom is -0.394 e. The molecule has 2 heterocycles. The lowest BCUT2D eigenvalue weighted by atomic mass is 9.97. The number of aliphatic hydroxyl groups is 8. The lowest BCUT2D eigenvalue weighted by Crippen LogP contribution is -2.65. The maximum absolute atomic E-state index is 13.2. The number of ether oxygens (including phenoxy) is 4. The highest BCUT2D eigenvalue weighted by molar-refractivity contribution is 5.76. The average molecular weight is 1030 g/mol. The Morgan fingerprint density at radius 2 is 0.917 bits per heavy atom. The molecule has 9 N–H and O–H groups in total. The maximum atomic E-state index is 13.2. The van der Waals surface area contributed by atoms with E-state index < -0.39 is 86.8 Å². The molecule has 0 aromatic rings. The van der Waals surface area contributed by atoms with Crippen LogP contribution in [0.1, 0.15) is 232 Å². The van der Waals surface area contributed by atoms with E-state index in [-0.39, 0.29) is 18.9 Å². The third-order valence-corrected chi connectivity index (χ3v) is 14.3. The van der Waals surface area contributed by atoms with Crippen molar-refractivity contribution in [3.8, 4) is 0 Å². The van der Waals surface area contributed by atoms with Gasteiger partial charge in [0.2, 0.25) is 5.91 Å². The second-order valence-electron chi connectivity index (χ2n) is 20.8. The van der Waals surface area contributed by atoms with E-state index >= 15 is 0 Å². The second-order valence-corrected chi connectivity index (χ2v) is 20.8. The molecular formula is C58H107NO13. The Labute approximate surface area is 436 Å². The molecular weight excluding hydrogens is 919 g/mol. The molecule has 12 unspecified atom stereocenters. The third-order valence-electron chi connectivity index (χ3n) is 14.3. The highest BCUT2D eigenvalue weighted by Crippen LogP contribution is 2.30. The van der Waals surface area contributed by atoms with E-state index in [1.54, 1.807) is 6.08 Å². The highest BCUT2D eigenvalue weighted by atomic mass is 16.7. The summed E-state index contributed by atoms with van der Waals surface area (Å²) in [4.78, 5) is 13.2. The van der Waals surface area contributed by atoms with Crippen LogP contribution in [-0.4, -0.2) is 140 Å². The zero-order valence-corrected chi connectivity index (χ0v) is 45.2. The van der Waals surface area contributed by atoms with Crippen molar-refractivity contribution in [3.63, 3.8) is 0 Å². The van der Waals surface area contributed by atoms with Crippen LogP contribution in [-0.2, 0) is 23.7 Å². The number of carbonyl (C=O) groups is 1. The molecule has 14 heteroatoms. The monoisotopic (exact) mass is 1030 g/mol. The number of allylic oxidation sites excluding steroid dienone is 5. The number of rotatable bonds is 46. The molecule has 2 saturated heterocycles. The van der Waals surface area contributed by atoms with Crippen molar-refractivity contribution in [2.75, 3.05) is 19.8 Å². The number of hydrogen-bond acceptors (Lipinski definition) is 13. The Balaban J connectivity index is 1.76. The van der Waals surface area contributed by atoms with E-state index in [1.165, 1.54) is 161 Å². The van der Waals surface area contributed by atoms with Gasteiger partial charge in [-0.15, -0.1) is 0 Å². The first-order valence-electron chi connectivity index (χ1n) is 29.2. The van der Waals surface area contributed by atoms with Gasteiger partial charge in [0.05, 0.1) is 32.0 Å². The predicted molar refractivity (Wildman–Crippen MR) is 286 cm³/mol. The first-order chi connectivity index (χ1) is 35.1. The van der Waals surface area contributed by atoms with Crippen LogP contribution in [0.3, 0.4) is 0 Å². The number of aliphatic hydroxyl groups excluding tert-OH is 8. The van der Waals surface area contributed by atoms with Gasteiger partial charge in [-0.3, -0.25) is 4.79 Å². The van der Waals surface area contributed by atoms with Crippen LogP contribution in [0.4, 0.5) is 0 Å². The van der Waals surface area contributed by atoms with E-state index in [0.29, 0.717) is 6.42 Å². The highest BCUT2D eigenvalue weighted by Gasteiger charge is 2.51. The minimum atomic E-state index is -1.79. The molecule has 14 nitrogen and oxygen atoms in total. The van der Waals surface area contributed by atoms with Crippen molar-refractivity contribution >= 4 is 5.91 Å². The molecule has 2 rings (SSSR count). The molecule has 0 aromatic carbocycles. The van der Waals surface area contributed by atoms with Gasteiger partial charge < -0.3 is 65.1 Å². The molecule has 2 fully saturated rings. The number of carbonyl (C=O) groups excluding carboxylic acids is 1. The van der Waals surface area contributed by atoms with E-state index in [4.69, 9.17) is 18.9 Å². The van der Waals surface area contributed by atoms with Crippen LogP contribution in [0, 0.1) is 0 Å². The summed E-state index contributed by atoms with van der Waals surface area (Å²) in [7, 11) is 0. The van der Waals surface area contributed by atoms with Gasteiger partial charge in [0.1, 0.15) is 48.8 Å². The Morgan fingerprint density at radius 1 is 0.500 bits per heavy atom. The van der Waals surface area contributed by atoms with Crippen molar-refractivity contribution in [1.82, 2.24) is 5.32 Å². The Morgan fingerprint density at radius 3 is 1.39 bits per heavy atom. The minimum absolute atomic E-state index is 0.241. The van der Waals surface area contributed by atoms with Gasteiger partial charge in [-0.05, 0) is 51.4 Å². The molecule has 1 amide bonds. The number of nitrogens with one attached hydrogen (secondary N) is 1. The molecule has 0 saturated carbocycles. The zero-order chi connectivity index (χ0) is 52.4. The van der Waals surface area contributed by atoms with Gasteiger partial charge in [0, 0.05) is 6.42 Å². The van der Waals surface area contributed by atoms with E-state index in [2.05, 4.69) is 43.5 Å². The van der Waals surface area contributed by atoms with Gasteiger partial charge in [-0.25, -0.2) is 0 Å². The summed E-state index contributed by atoms with van der Waals surface area (Å²) in [6.07, 6.45) is 36.0. The van der Waals surface area contributed by atoms with Crippen LogP contribution >= 0.6 is 0 Å². The SMILES string of the molecule is CCCCCCC/C=C\C/C=C\CCCCCCCCCCCCCC(=O)NC(COC1OC(CO)C(OC2OC(CO)C(O)C(O)C2O)C(O)C1O)C(O)/C=C/CCCCCCCCCCCCCCC. The predicted octanol–water partition coefficient (Wildman–Crippen LogP) is 9.44. The van der Waals surface area contributed by atoms with E-state index in [9.17, 15) is 45.6 Å². The normalized spacial score (nSPS) is 25.8. The quantitative estimate of drug-likeness (QED) is 0.0205. The average Bonchev–Trinajstić information content (AvgIpc) is 3.38. The van der Waals surface area contributed by atoms with Crippen molar-refractivity contribution in [3.05, 3.63) is 36.5 Å². The smallest absolute Gasteiger partial charge is 0.220 e. The van der Waals surface area contributed by atoms with Crippen molar-refractivity contribution in [2.24, 2.45) is 0 Å². The maximum Gasteiger partial charge on any atom is 0.220 e. The topological polar surface area (TPSA) is 228 Å². The van der Waals surface area contributed by atoms with Gasteiger partial charge in [-0.1, -0.05) is 211 Å². The van der Waals surface area contributed by atoms with Gasteiger partial charge in [0.15, 0.2) is 12.6 Å².